The van der Waals surface area contributed by atoms with Crippen molar-refractivity contribution in [3.05, 3.63) is 52.8 Å². The number of carbonyl (C=O) groups excluding carboxylic acids is 3. The Morgan fingerprint density at radius 1 is 1.32 bits per heavy atom. The molecular formula is C25H30N6O6. The second kappa shape index (κ2) is 9.61. The van der Waals surface area contributed by atoms with Gasteiger partial charge in [-0.3, -0.25) is 19.7 Å². The van der Waals surface area contributed by atoms with Gasteiger partial charge in [-0.15, -0.1) is 0 Å². The van der Waals surface area contributed by atoms with Crippen LogP contribution in [0.3, 0.4) is 0 Å². The highest BCUT2D eigenvalue weighted by atomic mass is 16.5. The summed E-state index contributed by atoms with van der Waals surface area (Å²) in [5, 5.41) is 18.5. The summed E-state index contributed by atoms with van der Waals surface area (Å²) >= 11 is 0. The molecular weight excluding hydrogens is 480 g/mol. The lowest BCUT2D eigenvalue weighted by Gasteiger charge is -2.35. The maximum absolute atomic E-state index is 13.2. The van der Waals surface area contributed by atoms with E-state index in [1.54, 1.807) is 29.2 Å². The molecule has 0 spiro atoms. The van der Waals surface area contributed by atoms with Crippen LogP contribution in [0.15, 0.2) is 30.3 Å². The van der Waals surface area contributed by atoms with Crippen LogP contribution in [0.5, 0.6) is 11.5 Å². The summed E-state index contributed by atoms with van der Waals surface area (Å²) in [4.78, 5) is 47.0. The van der Waals surface area contributed by atoms with E-state index in [0.717, 1.165) is 5.56 Å². The summed E-state index contributed by atoms with van der Waals surface area (Å²) < 4.78 is 11.4. The van der Waals surface area contributed by atoms with Crippen LogP contribution in [-0.2, 0) is 17.8 Å². The zero-order valence-corrected chi connectivity index (χ0v) is 20.9. The van der Waals surface area contributed by atoms with Gasteiger partial charge >= 0.3 is 0 Å². The van der Waals surface area contributed by atoms with Crippen molar-refractivity contribution in [3.63, 3.8) is 0 Å². The number of ether oxygens (including phenoxy) is 2. The van der Waals surface area contributed by atoms with Gasteiger partial charge in [0.05, 0.1) is 19.3 Å². The van der Waals surface area contributed by atoms with Crippen LogP contribution in [0.2, 0.25) is 0 Å². The lowest BCUT2D eigenvalue weighted by molar-refractivity contribution is -0.128. The first-order chi connectivity index (χ1) is 17.7. The highest BCUT2D eigenvalue weighted by Crippen LogP contribution is 2.36. The van der Waals surface area contributed by atoms with E-state index in [4.69, 9.17) is 9.47 Å². The number of hydrogen-bond acceptors (Lipinski definition) is 9. The zero-order chi connectivity index (χ0) is 26.3. The lowest BCUT2D eigenvalue weighted by atomic mass is 9.89. The maximum atomic E-state index is 13.2. The number of fused-ring (bicyclic) bond motifs is 2. The number of amides is 3. The third-order valence-electron chi connectivity index (χ3n) is 6.91. The minimum Gasteiger partial charge on any atom is -0.497 e. The highest BCUT2D eigenvalue weighted by Gasteiger charge is 2.57. The fraction of sp³-hybridized carbons (Fsp3) is 0.440. The van der Waals surface area contributed by atoms with Crippen molar-refractivity contribution in [1.82, 2.24) is 30.7 Å². The van der Waals surface area contributed by atoms with Crippen molar-refractivity contribution in [2.45, 2.75) is 31.0 Å². The van der Waals surface area contributed by atoms with E-state index in [2.05, 4.69) is 20.9 Å². The number of nitrogens with zero attached hydrogens (tertiary/aromatic N) is 3. The van der Waals surface area contributed by atoms with E-state index >= 15 is 0 Å². The van der Waals surface area contributed by atoms with E-state index < -0.39 is 23.9 Å². The van der Waals surface area contributed by atoms with E-state index in [-0.39, 0.29) is 30.5 Å². The number of aliphatic hydroxyl groups is 1. The van der Waals surface area contributed by atoms with Crippen molar-refractivity contribution >= 4 is 17.7 Å². The Morgan fingerprint density at radius 3 is 2.84 bits per heavy atom. The molecule has 4 heterocycles. The topological polar surface area (TPSA) is 145 Å². The molecule has 12 nitrogen and oxygen atoms in total. The van der Waals surface area contributed by atoms with Crippen LogP contribution in [0.1, 0.15) is 32.1 Å². The Kier molecular flexibility index (Phi) is 6.48. The number of aliphatic hydroxyl groups excluding tert-OH is 1. The molecule has 0 radical (unpaired) electrons. The Labute approximate surface area is 213 Å². The highest BCUT2D eigenvalue weighted by molar-refractivity contribution is 6.00. The molecule has 0 saturated carbocycles. The fourth-order valence-corrected chi connectivity index (χ4v) is 4.95. The van der Waals surface area contributed by atoms with E-state index in [9.17, 15) is 19.5 Å². The normalized spacial score (nSPS) is 24.1. The fourth-order valence-electron chi connectivity index (χ4n) is 4.95. The van der Waals surface area contributed by atoms with Gasteiger partial charge in [-0.2, -0.15) is 0 Å². The third kappa shape index (κ3) is 4.59. The summed E-state index contributed by atoms with van der Waals surface area (Å²) in [5.74, 6) is -0.00907. The summed E-state index contributed by atoms with van der Waals surface area (Å²) in [7, 11) is 5.37. The number of benzene rings is 1. The van der Waals surface area contributed by atoms with Crippen molar-refractivity contribution in [1.29, 1.82) is 0 Å². The molecule has 0 aliphatic carbocycles. The minimum absolute atomic E-state index is 0.0394. The van der Waals surface area contributed by atoms with Gasteiger partial charge in [-0.25, -0.2) is 4.98 Å². The van der Waals surface area contributed by atoms with Gasteiger partial charge in [0.2, 0.25) is 5.91 Å². The number of pyridine rings is 1. The molecule has 196 valence electrons. The van der Waals surface area contributed by atoms with E-state index in [0.29, 0.717) is 42.4 Å². The Balaban J connectivity index is 1.35. The SMILES string of the molecule is COc1ccc2c(c1)C(=O)N(CC1(C3Cc4nc(C(=O)NCCN(C)C)ccc4O3)NC(O)NC1=O)C2. The van der Waals surface area contributed by atoms with Gasteiger partial charge in [0.25, 0.3) is 11.8 Å². The molecule has 3 aliphatic rings. The predicted octanol–water partition coefficient (Wildman–Crippen LogP) is -0.925. The number of aromatic nitrogens is 1. The molecule has 3 atom stereocenters. The smallest absolute Gasteiger partial charge is 0.269 e. The molecule has 37 heavy (non-hydrogen) atoms. The molecule has 3 unspecified atom stereocenters. The maximum Gasteiger partial charge on any atom is 0.269 e. The molecule has 0 bridgehead atoms. The minimum atomic E-state index is -1.43. The van der Waals surface area contributed by atoms with Gasteiger partial charge in [-0.05, 0) is 43.9 Å². The Bertz CT molecular complexity index is 1250. The van der Waals surface area contributed by atoms with Gasteiger partial charge < -0.3 is 35.0 Å². The van der Waals surface area contributed by atoms with Crippen LogP contribution in [-0.4, -0.2) is 96.4 Å². The molecule has 2 aromatic rings. The quantitative estimate of drug-likeness (QED) is 0.354. The lowest BCUT2D eigenvalue weighted by Crippen LogP contribution is -2.64. The molecule has 3 aliphatic heterocycles. The summed E-state index contributed by atoms with van der Waals surface area (Å²) in [6.45, 7) is 1.44. The molecule has 5 rings (SSSR count). The number of hydrogen-bond donors (Lipinski definition) is 4. The van der Waals surface area contributed by atoms with Crippen molar-refractivity contribution in [2.24, 2.45) is 0 Å². The predicted molar refractivity (Wildman–Crippen MR) is 131 cm³/mol. The van der Waals surface area contributed by atoms with Crippen LogP contribution in [0, 0.1) is 0 Å². The first kappa shape index (κ1) is 24.9. The van der Waals surface area contributed by atoms with Gasteiger partial charge in [0.15, 0.2) is 11.9 Å². The first-order valence-electron chi connectivity index (χ1n) is 12.0. The van der Waals surface area contributed by atoms with Crippen molar-refractivity contribution < 1.29 is 29.0 Å². The first-order valence-corrected chi connectivity index (χ1v) is 12.0. The number of nitrogens with one attached hydrogen (secondary N) is 3. The van der Waals surface area contributed by atoms with Crippen LogP contribution in [0.4, 0.5) is 0 Å². The number of likely N-dealkylation sites (N-methyl/N-ethyl adjacent to an activating group) is 1. The van der Waals surface area contributed by atoms with Crippen molar-refractivity contribution in [2.75, 3.05) is 40.8 Å². The average Bonchev–Trinajstić information content (AvgIpc) is 3.52. The molecule has 3 amide bonds. The third-order valence-corrected chi connectivity index (χ3v) is 6.91. The van der Waals surface area contributed by atoms with Gasteiger partial charge in [0.1, 0.15) is 23.3 Å². The van der Waals surface area contributed by atoms with E-state index in [1.807, 2.05) is 25.1 Å². The summed E-state index contributed by atoms with van der Waals surface area (Å²) in [5.41, 5.74) is 0.675. The van der Waals surface area contributed by atoms with Crippen molar-refractivity contribution in [3.8, 4) is 11.5 Å². The summed E-state index contributed by atoms with van der Waals surface area (Å²) in [6, 6.07) is 8.52. The molecule has 1 fully saturated rings. The molecule has 1 aromatic heterocycles. The van der Waals surface area contributed by atoms with E-state index in [1.165, 1.54) is 7.11 Å². The monoisotopic (exact) mass is 510 g/mol. The molecule has 4 N–H and O–H groups in total. The second-order valence-electron chi connectivity index (χ2n) is 9.69. The summed E-state index contributed by atoms with van der Waals surface area (Å²) in [6.07, 6.45) is -1.86. The van der Waals surface area contributed by atoms with Gasteiger partial charge in [-0.1, -0.05) is 6.07 Å². The number of rotatable bonds is 8. The van der Waals surface area contributed by atoms with Crippen LogP contribution in [0.25, 0.3) is 0 Å². The molecule has 1 aromatic carbocycles. The second-order valence-corrected chi connectivity index (χ2v) is 9.69. The number of methoxy groups -OCH3 is 1. The largest absolute Gasteiger partial charge is 0.497 e. The Hall–Kier alpha value is -3.74. The zero-order valence-electron chi connectivity index (χ0n) is 20.9. The standard InChI is InChI=1S/C25H30N6O6/c1-30(2)9-8-26-21(32)17-6-7-19-18(27-17)11-20(37-19)25(23(34)28-24(35)29-25)13-31-12-14-4-5-15(36-3)10-16(14)22(31)33/h4-7,10,20,24,29,35H,8-9,11-13H2,1-3H3,(H,26,32)(H,28,34). The number of carbonyl (C=O) groups is 3. The average molecular weight is 511 g/mol. The van der Waals surface area contributed by atoms with Crippen LogP contribution >= 0.6 is 0 Å². The van der Waals surface area contributed by atoms with Gasteiger partial charge in [0, 0.05) is 31.6 Å². The molecule has 12 heteroatoms. The Morgan fingerprint density at radius 2 is 2.14 bits per heavy atom. The molecule has 1 saturated heterocycles. The van der Waals surface area contributed by atoms with Crippen LogP contribution < -0.4 is 25.4 Å².